The first kappa shape index (κ1) is 24.9. The number of aliphatic hydroxyl groups excluding tert-OH is 1. The third-order valence-corrected chi connectivity index (χ3v) is 5.23. The SMILES string of the molecule is O=C([C@H](O)c1ccccc1)N1N=C(c2ccc(Cl)cc2)C[C@@]1(O)C(F)(F)C(F)(F)C(F)(F)F. The summed E-state index contributed by atoms with van der Waals surface area (Å²) in [6.07, 6.45) is -10.7. The molecular formula is C20H14ClF7N2O3. The van der Waals surface area contributed by atoms with Gasteiger partial charge in [0, 0.05) is 11.4 Å². The minimum atomic E-state index is -6.78. The molecule has 5 nitrogen and oxygen atoms in total. The molecule has 178 valence electrons. The van der Waals surface area contributed by atoms with Crippen LogP contribution in [0.1, 0.15) is 23.7 Å². The summed E-state index contributed by atoms with van der Waals surface area (Å²) in [7, 11) is 0. The first-order valence-corrected chi connectivity index (χ1v) is 9.46. The lowest BCUT2D eigenvalue weighted by Gasteiger charge is -2.41. The van der Waals surface area contributed by atoms with Crippen molar-refractivity contribution in [1.82, 2.24) is 5.01 Å². The number of carbonyl (C=O) groups is 1. The van der Waals surface area contributed by atoms with Crippen LogP contribution in [0, 0.1) is 0 Å². The normalized spacial score (nSPS) is 20.5. The zero-order valence-corrected chi connectivity index (χ0v) is 17.0. The minimum Gasteiger partial charge on any atom is -0.378 e. The van der Waals surface area contributed by atoms with Gasteiger partial charge >= 0.3 is 18.0 Å². The van der Waals surface area contributed by atoms with Gasteiger partial charge in [-0.05, 0) is 23.3 Å². The summed E-state index contributed by atoms with van der Waals surface area (Å²) in [4.78, 5) is 12.7. The van der Waals surface area contributed by atoms with Gasteiger partial charge in [-0.1, -0.05) is 54.1 Å². The monoisotopic (exact) mass is 498 g/mol. The van der Waals surface area contributed by atoms with E-state index in [-0.39, 0.29) is 16.1 Å². The number of hydrazone groups is 1. The Hall–Kier alpha value is -2.70. The van der Waals surface area contributed by atoms with E-state index in [2.05, 4.69) is 5.10 Å². The van der Waals surface area contributed by atoms with Crippen LogP contribution in [0.25, 0.3) is 0 Å². The second-order valence-electron chi connectivity index (χ2n) is 7.16. The predicted octanol–water partition coefficient (Wildman–Crippen LogP) is 4.53. The molecule has 0 saturated carbocycles. The van der Waals surface area contributed by atoms with Gasteiger partial charge in [-0.25, -0.2) is 0 Å². The Kier molecular flexibility index (Phi) is 6.24. The van der Waals surface area contributed by atoms with Crippen molar-refractivity contribution in [2.24, 2.45) is 5.10 Å². The molecule has 3 rings (SSSR count). The largest absolute Gasteiger partial charge is 0.460 e. The standard InChI is InChI=1S/C20H14ClF7N2O3/c21-13-8-6-11(7-9-13)14-10-17(33,18(22,23)19(24,25)20(26,27)28)30(29-14)16(32)15(31)12-4-2-1-3-5-12/h1-9,15,31,33H,10H2/t15-,17-/m1/s1. The number of halogens is 8. The smallest absolute Gasteiger partial charge is 0.378 e. The van der Waals surface area contributed by atoms with Gasteiger partial charge in [0.1, 0.15) is 0 Å². The molecule has 1 amide bonds. The van der Waals surface area contributed by atoms with E-state index >= 15 is 0 Å². The number of hydrogen-bond acceptors (Lipinski definition) is 4. The van der Waals surface area contributed by atoms with E-state index in [0.29, 0.717) is 0 Å². The first-order chi connectivity index (χ1) is 15.1. The zero-order valence-electron chi connectivity index (χ0n) is 16.2. The number of hydrogen-bond donors (Lipinski definition) is 2. The number of aliphatic hydroxyl groups is 2. The zero-order chi connectivity index (χ0) is 24.8. The van der Waals surface area contributed by atoms with Crippen molar-refractivity contribution < 1.29 is 45.7 Å². The predicted molar refractivity (Wildman–Crippen MR) is 102 cm³/mol. The molecule has 2 aromatic carbocycles. The molecule has 0 radical (unpaired) electrons. The molecule has 0 aliphatic carbocycles. The summed E-state index contributed by atoms with van der Waals surface area (Å²) in [5, 5.41) is 23.8. The Morgan fingerprint density at radius 3 is 2.06 bits per heavy atom. The summed E-state index contributed by atoms with van der Waals surface area (Å²) in [6, 6.07) is 11.3. The number of benzene rings is 2. The maximum atomic E-state index is 14.7. The molecule has 13 heteroatoms. The van der Waals surface area contributed by atoms with Crippen molar-refractivity contribution in [2.45, 2.75) is 36.3 Å². The quantitative estimate of drug-likeness (QED) is 0.595. The van der Waals surface area contributed by atoms with Crippen LogP contribution in [0.3, 0.4) is 0 Å². The second-order valence-corrected chi connectivity index (χ2v) is 7.59. The summed E-state index contributed by atoms with van der Waals surface area (Å²) in [5.74, 6) is -14.9. The van der Waals surface area contributed by atoms with Crippen molar-refractivity contribution in [3.63, 3.8) is 0 Å². The van der Waals surface area contributed by atoms with Crippen LogP contribution in [0.15, 0.2) is 59.7 Å². The van der Waals surface area contributed by atoms with Crippen molar-refractivity contribution in [2.75, 3.05) is 0 Å². The molecule has 1 aliphatic heterocycles. The molecule has 2 N–H and O–H groups in total. The highest BCUT2D eigenvalue weighted by Crippen LogP contribution is 2.55. The molecule has 0 unspecified atom stereocenters. The van der Waals surface area contributed by atoms with Crippen molar-refractivity contribution in [3.05, 3.63) is 70.7 Å². The van der Waals surface area contributed by atoms with E-state index in [0.717, 1.165) is 0 Å². The highest BCUT2D eigenvalue weighted by atomic mass is 35.5. The Morgan fingerprint density at radius 2 is 1.55 bits per heavy atom. The van der Waals surface area contributed by atoms with Crippen molar-refractivity contribution in [3.8, 4) is 0 Å². The van der Waals surface area contributed by atoms with Crippen molar-refractivity contribution >= 4 is 23.2 Å². The molecule has 33 heavy (non-hydrogen) atoms. The fourth-order valence-electron chi connectivity index (χ4n) is 3.15. The lowest BCUT2D eigenvalue weighted by atomic mass is 9.91. The van der Waals surface area contributed by atoms with E-state index in [1.54, 1.807) is 0 Å². The summed E-state index contributed by atoms with van der Waals surface area (Å²) in [6.45, 7) is 0. The van der Waals surface area contributed by atoms with Gasteiger partial charge in [-0.15, -0.1) is 0 Å². The van der Waals surface area contributed by atoms with Crippen LogP contribution in [-0.4, -0.2) is 50.6 Å². The van der Waals surface area contributed by atoms with Crippen LogP contribution in [0.5, 0.6) is 0 Å². The molecule has 0 spiro atoms. The van der Waals surface area contributed by atoms with Crippen LogP contribution < -0.4 is 0 Å². The third-order valence-electron chi connectivity index (χ3n) is 4.97. The highest BCUT2D eigenvalue weighted by molar-refractivity contribution is 6.30. The van der Waals surface area contributed by atoms with Gasteiger partial charge in [-0.3, -0.25) is 4.79 Å². The Labute approximate surface area is 186 Å². The lowest BCUT2D eigenvalue weighted by molar-refractivity contribution is -0.401. The average Bonchev–Trinajstić information content (AvgIpc) is 3.12. The average molecular weight is 499 g/mol. The highest BCUT2D eigenvalue weighted by Gasteiger charge is 2.82. The second kappa shape index (κ2) is 8.26. The lowest BCUT2D eigenvalue weighted by Crippen LogP contribution is -2.69. The summed E-state index contributed by atoms with van der Waals surface area (Å²) < 4.78 is 95.6. The number of nitrogens with zero attached hydrogens (tertiary/aromatic N) is 2. The van der Waals surface area contributed by atoms with Crippen LogP contribution in [-0.2, 0) is 4.79 Å². The molecule has 0 saturated heterocycles. The van der Waals surface area contributed by atoms with Crippen LogP contribution in [0.4, 0.5) is 30.7 Å². The molecule has 1 aliphatic rings. The van der Waals surface area contributed by atoms with E-state index < -0.39 is 52.9 Å². The minimum absolute atomic E-state index is 0.0894. The van der Waals surface area contributed by atoms with Gasteiger partial charge < -0.3 is 10.2 Å². The summed E-state index contributed by atoms with van der Waals surface area (Å²) in [5.41, 5.74) is -5.37. The Morgan fingerprint density at radius 1 is 1.00 bits per heavy atom. The first-order valence-electron chi connectivity index (χ1n) is 9.09. The fraction of sp³-hybridized carbons (Fsp3) is 0.300. The molecule has 0 fully saturated rings. The topological polar surface area (TPSA) is 73.1 Å². The Bertz CT molecular complexity index is 1060. The van der Waals surface area contributed by atoms with E-state index in [1.165, 1.54) is 54.6 Å². The Balaban J connectivity index is 2.13. The number of alkyl halides is 7. The van der Waals surface area contributed by atoms with Gasteiger partial charge in [0.25, 0.3) is 5.91 Å². The number of carbonyl (C=O) groups excluding carboxylic acids is 1. The van der Waals surface area contributed by atoms with Gasteiger partial charge in [0.05, 0.1) is 5.71 Å². The van der Waals surface area contributed by atoms with Gasteiger partial charge in [0.2, 0.25) is 5.72 Å². The van der Waals surface area contributed by atoms with E-state index in [9.17, 15) is 45.7 Å². The molecule has 1 heterocycles. The number of amides is 1. The summed E-state index contributed by atoms with van der Waals surface area (Å²) >= 11 is 5.71. The fourth-order valence-corrected chi connectivity index (χ4v) is 3.27. The molecular weight excluding hydrogens is 485 g/mol. The number of rotatable bonds is 5. The molecule has 2 atom stereocenters. The van der Waals surface area contributed by atoms with Gasteiger partial charge in [0.15, 0.2) is 6.10 Å². The third kappa shape index (κ3) is 4.06. The van der Waals surface area contributed by atoms with Crippen LogP contribution in [0.2, 0.25) is 5.02 Å². The van der Waals surface area contributed by atoms with Crippen molar-refractivity contribution in [1.29, 1.82) is 0 Å². The molecule has 0 aromatic heterocycles. The van der Waals surface area contributed by atoms with Gasteiger partial charge in [-0.2, -0.15) is 40.8 Å². The molecule has 0 bridgehead atoms. The maximum absolute atomic E-state index is 14.7. The van der Waals surface area contributed by atoms with E-state index in [4.69, 9.17) is 11.6 Å². The maximum Gasteiger partial charge on any atom is 0.460 e. The van der Waals surface area contributed by atoms with E-state index in [1.807, 2.05) is 0 Å². The van der Waals surface area contributed by atoms with Crippen LogP contribution >= 0.6 is 11.6 Å². The molecule has 2 aromatic rings.